The molecule has 21 heavy (non-hydrogen) atoms. The fourth-order valence-electron chi connectivity index (χ4n) is 1.95. The summed E-state index contributed by atoms with van der Waals surface area (Å²) in [6.07, 6.45) is 0.744. The van der Waals surface area contributed by atoms with Gasteiger partial charge in [0.15, 0.2) is 0 Å². The van der Waals surface area contributed by atoms with E-state index < -0.39 is 0 Å². The summed E-state index contributed by atoms with van der Waals surface area (Å²) in [5.41, 5.74) is 6.67. The third-order valence-electron chi connectivity index (χ3n) is 3.21. The number of nitrogens with one attached hydrogen (secondary N) is 1. The van der Waals surface area contributed by atoms with E-state index in [1.165, 1.54) is 0 Å². The number of carbonyl (C=O) groups is 1. The van der Waals surface area contributed by atoms with Crippen molar-refractivity contribution in [2.45, 2.75) is 26.8 Å². The molecule has 0 saturated heterocycles. The van der Waals surface area contributed by atoms with Gasteiger partial charge in [-0.05, 0) is 25.5 Å². The molecule has 7 heteroatoms. The number of carbonyl (C=O) groups excluding carboxylic acids is 1. The van der Waals surface area contributed by atoms with E-state index in [2.05, 4.69) is 15.4 Å². The molecule has 2 aromatic rings. The van der Waals surface area contributed by atoms with Crippen LogP contribution >= 0.6 is 11.3 Å². The summed E-state index contributed by atoms with van der Waals surface area (Å²) in [5, 5.41) is 0. The van der Waals surface area contributed by atoms with Gasteiger partial charge >= 0.3 is 0 Å². The van der Waals surface area contributed by atoms with Gasteiger partial charge in [-0.1, -0.05) is 6.92 Å². The Balaban J connectivity index is 2.20. The lowest BCUT2D eigenvalue weighted by molar-refractivity contribution is 0.0786. The van der Waals surface area contributed by atoms with Crippen LogP contribution in [0.25, 0.3) is 0 Å². The predicted molar refractivity (Wildman–Crippen MR) is 84.1 cm³/mol. The number of aromatic nitrogens is 2. The lowest BCUT2D eigenvalue weighted by Gasteiger charge is -2.17. The van der Waals surface area contributed by atoms with Crippen LogP contribution in [-0.4, -0.2) is 27.8 Å². The lowest BCUT2D eigenvalue weighted by atomic mass is 10.1. The van der Waals surface area contributed by atoms with Crippen LogP contribution < -0.4 is 11.3 Å². The van der Waals surface area contributed by atoms with E-state index in [0.717, 1.165) is 22.7 Å². The van der Waals surface area contributed by atoms with Gasteiger partial charge in [-0.25, -0.2) is 15.8 Å². The van der Waals surface area contributed by atoms with Crippen LogP contribution in [0.1, 0.15) is 33.5 Å². The fourth-order valence-corrected chi connectivity index (χ4v) is 2.78. The number of anilines is 1. The first kappa shape index (κ1) is 15.4. The number of amides is 1. The Kier molecular flexibility index (Phi) is 4.87. The topological polar surface area (TPSA) is 84.1 Å². The zero-order valence-electron chi connectivity index (χ0n) is 12.4. The minimum Gasteiger partial charge on any atom is -0.336 e. The van der Waals surface area contributed by atoms with Gasteiger partial charge in [-0.15, -0.1) is 11.3 Å². The maximum absolute atomic E-state index is 12.5. The van der Waals surface area contributed by atoms with Crippen molar-refractivity contribution >= 4 is 23.1 Å². The second-order valence-electron chi connectivity index (χ2n) is 4.75. The average Bonchev–Trinajstić information content (AvgIpc) is 2.90. The van der Waals surface area contributed by atoms with Crippen molar-refractivity contribution in [3.63, 3.8) is 0 Å². The normalized spacial score (nSPS) is 10.5. The van der Waals surface area contributed by atoms with E-state index >= 15 is 0 Å². The lowest BCUT2D eigenvalue weighted by Crippen LogP contribution is -2.26. The van der Waals surface area contributed by atoms with Crippen molar-refractivity contribution in [3.8, 4) is 0 Å². The second-order valence-corrected chi connectivity index (χ2v) is 5.69. The third kappa shape index (κ3) is 3.56. The highest BCUT2D eigenvalue weighted by Gasteiger charge is 2.16. The van der Waals surface area contributed by atoms with E-state index in [9.17, 15) is 4.79 Å². The Bertz CT molecular complexity index is 618. The van der Waals surface area contributed by atoms with Gasteiger partial charge in [-0.2, -0.15) is 0 Å². The maximum Gasteiger partial charge on any atom is 0.254 e. The first-order valence-electron chi connectivity index (χ1n) is 6.67. The largest absolute Gasteiger partial charge is 0.336 e. The molecule has 2 aromatic heterocycles. The van der Waals surface area contributed by atoms with Gasteiger partial charge in [0, 0.05) is 23.2 Å². The van der Waals surface area contributed by atoms with Gasteiger partial charge in [0.1, 0.15) is 5.82 Å². The first-order valence-corrected chi connectivity index (χ1v) is 7.55. The minimum absolute atomic E-state index is 0.0589. The number of rotatable bonds is 5. The molecule has 0 fully saturated rings. The number of aryl methyl sites for hydroxylation is 2. The SMILES string of the molecule is CCc1cc(C(=O)N(C)Cc2scnc2C)cc(NN)n1. The number of nitrogen functional groups attached to an aromatic ring is 1. The molecule has 0 spiro atoms. The summed E-state index contributed by atoms with van der Waals surface area (Å²) in [6.45, 7) is 4.48. The molecule has 0 atom stereocenters. The molecule has 6 nitrogen and oxygen atoms in total. The summed E-state index contributed by atoms with van der Waals surface area (Å²) in [4.78, 5) is 23.8. The van der Waals surface area contributed by atoms with E-state index in [1.54, 1.807) is 40.9 Å². The number of nitrogens with zero attached hydrogens (tertiary/aromatic N) is 3. The highest BCUT2D eigenvalue weighted by Crippen LogP contribution is 2.17. The zero-order chi connectivity index (χ0) is 15.4. The van der Waals surface area contributed by atoms with Gasteiger partial charge in [-0.3, -0.25) is 4.79 Å². The molecular weight excluding hydrogens is 286 g/mol. The minimum atomic E-state index is -0.0589. The summed E-state index contributed by atoms with van der Waals surface area (Å²) in [5.74, 6) is 5.85. The van der Waals surface area contributed by atoms with Crippen LogP contribution in [0.5, 0.6) is 0 Å². The molecule has 0 aliphatic rings. The molecule has 2 rings (SSSR count). The summed E-state index contributed by atoms with van der Waals surface area (Å²) < 4.78 is 0. The molecule has 2 heterocycles. The number of pyridine rings is 1. The van der Waals surface area contributed by atoms with Crippen molar-refractivity contribution < 1.29 is 4.79 Å². The number of hydrogen-bond donors (Lipinski definition) is 2. The Morgan fingerprint density at radius 1 is 1.48 bits per heavy atom. The summed E-state index contributed by atoms with van der Waals surface area (Å²) in [6, 6.07) is 3.47. The van der Waals surface area contributed by atoms with Gasteiger partial charge < -0.3 is 10.3 Å². The van der Waals surface area contributed by atoms with E-state index in [-0.39, 0.29) is 5.91 Å². The molecule has 3 N–H and O–H groups in total. The highest BCUT2D eigenvalue weighted by molar-refractivity contribution is 7.09. The molecule has 0 aromatic carbocycles. The summed E-state index contributed by atoms with van der Waals surface area (Å²) in [7, 11) is 1.78. The van der Waals surface area contributed by atoms with Gasteiger partial charge in [0.2, 0.25) is 0 Å². The molecule has 112 valence electrons. The molecule has 0 unspecified atom stereocenters. The zero-order valence-corrected chi connectivity index (χ0v) is 13.2. The van der Waals surface area contributed by atoms with Crippen LogP contribution in [-0.2, 0) is 13.0 Å². The molecule has 0 saturated carbocycles. The molecular formula is C14H19N5OS. The van der Waals surface area contributed by atoms with Gasteiger partial charge in [0.05, 0.1) is 17.7 Å². The van der Waals surface area contributed by atoms with Crippen molar-refractivity contribution in [1.82, 2.24) is 14.9 Å². The Labute approximate surface area is 128 Å². The standard InChI is InChI=1S/C14H19N5OS/c1-4-11-5-10(6-13(17-11)18-15)14(20)19(3)7-12-9(2)16-8-21-12/h5-6,8H,4,7,15H2,1-3H3,(H,17,18). The first-order chi connectivity index (χ1) is 10.0. The van der Waals surface area contributed by atoms with Crippen LogP contribution in [0, 0.1) is 6.92 Å². The highest BCUT2D eigenvalue weighted by atomic mass is 32.1. The van der Waals surface area contributed by atoms with Crippen molar-refractivity contribution in [2.75, 3.05) is 12.5 Å². The average molecular weight is 305 g/mol. The van der Waals surface area contributed by atoms with Gasteiger partial charge in [0.25, 0.3) is 5.91 Å². The fraction of sp³-hybridized carbons (Fsp3) is 0.357. The van der Waals surface area contributed by atoms with Crippen molar-refractivity contribution in [2.24, 2.45) is 5.84 Å². The molecule has 1 amide bonds. The number of nitrogens with two attached hydrogens (primary N) is 1. The number of hydrogen-bond acceptors (Lipinski definition) is 6. The van der Waals surface area contributed by atoms with E-state index in [1.807, 2.05) is 13.8 Å². The molecule has 0 bridgehead atoms. The van der Waals surface area contributed by atoms with E-state index in [0.29, 0.717) is 17.9 Å². The Morgan fingerprint density at radius 2 is 2.24 bits per heavy atom. The molecule has 0 aliphatic carbocycles. The Hall–Kier alpha value is -1.99. The third-order valence-corrected chi connectivity index (χ3v) is 4.13. The number of thiazole rings is 1. The van der Waals surface area contributed by atoms with Crippen LogP contribution in [0.15, 0.2) is 17.6 Å². The van der Waals surface area contributed by atoms with Crippen molar-refractivity contribution in [3.05, 3.63) is 39.5 Å². The second kappa shape index (κ2) is 6.64. The van der Waals surface area contributed by atoms with Crippen molar-refractivity contribution in [1.29, 1.82) is 0 Å². The quantitative estimate of drug-likeness (QED) is 0.651. The van der Waals surface area contributed by atoms with Crippen LogP contribution in [0.2, 0.25) is 0 Å². The van der Waals surface area contributed by atoms with E-state index in [4.69, 9.17) is 5.84 Å². The molecule has 0 aliphatic heterocycles. The summed E-state index contributed by atoms with van der Waals surface area (Å²) >= 11 is 1.56. The van der Waals surface area contributed by atoms with Crippen LogP contribution in [0.4, 0.5) is 5.82 Å². The molecule has 0 radical (unpaired) electrons. The maximum atomic E-state index is 12.5. The monoisotopic (exact) mass is 305 g/mol. The van der Waals surface area contributed by atoms with Crippen LogP contribution in [0.3, 0.4) is 0 Å². The smallest absolute Gasteiger partial charge is 0.254 e. The number of hydrazine groups is 1. The predicted octanol–water partition coefficient (Wildman–Crippen LogP) is 1.97. The Morgan fingerprint density at radius 3 is 2.81 bits per heavy atom.